The molecule has 1 saturated heterocycles. The lowest BCUT2D eigenvalue weighted by molar-refractivity contribution is 0.213. The fourth-order valence-corrected chi connectivity index (χ4v) is 3.59. The van der Waals surface area contributed by atoms with Crippen LogP contribution in [0.25, 0.3) is 0 Å². The predicted octanol–water partition coefficient (Wildman–Crippen LogP) is 2.91. The van der Waals surface area contributed by atoms with Crippen molar-refractivity contribution in [3.63, 3.8) is 0 Å². The Bertz CT molecular complexity index is 659. The molecular formula is C20H25NO3. The van der Waals surface area contributed by atoms with Crippen molar-refractivity contribution in [1.29, 1.82) is 0 Å². The van der Waals surface area contributed by atoms with E-state index in [0.717, 1.165) is 36.7 Å². The van der Waals surface area contributed by atoms with Gasteiger partial charge in [0.2, 0.25) is 0 Å². The van der Waals surface area contributed by atoms with Crippen molar-refractivity contribution < 1.29 is 14.6 Å². The maximum absolute atomic E-state index is 9.85. The van der Waals surface area contributed by atoms with Crippen LogP contribution in [-0.2, 0) is 6.54 Å². The smallest absolute Gasteiger partial charge is 0.126 e. The molecule has 1 aliphatic heterocycles. The molecule has 2 aromatic rings. The first-order valence-corrected chi connectivity index (χ1v) is 8.34. The number of hydrogen-bond acceptors (Lipinski definition) is 4. The van der Waals surface area contributed by atoms with Gasteiger partial charge in [0.15, 0.2) is 0 Å². The van der Waals surface area contributed by atoms with Crippen LogP contribution in [0, 0.1) is 5.92 Å². The van der Waals surface area contributed by atoms with Crippen LogP contribution in [0.5, 0.6) is 11.5 Å². The minimum absolute atomic E-state index is 0.186. The summed E-state index contributed by atoms with van der Waals surface area (Å²) in [4.78, 5) is 2.41. The van der Waals surface area contributed by atoms with Gasteiger partial charge in [-0.25, -0.2) is 0 Å². The van der Waals surface area contributed by atoms with Crippen LogP contribution in [-0.4, -0.2) is 43.9 Å². The number of ether oxygens (including phenoxy) is 2. The van der Waals surface area contributed by atoms with E-state index in [1.165, 1.54) is 5.56 Å². The molecule has 0 bridgehead atoms. The average molecular weight is 327 g/mol. The van der Waals surface area contributed by atoms with Crippen LogP contribution < -0.4 is 9.47 Å². The van der Waals surface area contributed by atoms with Gasteiger partial charge >= 0.3 is 0 Å². The minimum Gasteiger partial charge on any atom is -0.497 e. The van der Waals surface area contributed by atoms with Gasteiger partial charge in [-0.15, -0.1) is 0 Å². The van der Waals surface area contributed by atoms with Crippen molar-refractivity contribution in [2.24, 2.45) is 5.92 Å². The van der Waals surface area contributed by atoms with Gasteiger partial charge in [-0.1, -0.05) is 36.4 Å². The average Bonchev–Trinajstić information content (AvgIpc) is 3.04. The molecule has 0 saturated carbocycles. The third-order valence-corrected chi connectivity index (χ3v) is 4.84. The number of aliphatic hydroxyl groups excluding tert-OH is 1. The number of aliphatic hydroxyl groups is 1. The Kier molecular flexibility index (Phi) is 5.38. The first-order chi connectivity index (χ1) is 11.7. The zero-order chi connectivity index (χ0) is 16.9. The first-order valence-electron chi connectivity index (χ1n) is 8.34. The quantitative estimate of drug-likeness (QED) is 0.886. The summed E-state index contributed by atoms with van der Waals surface area (Å²) in [5.41, 5.74) is 2.45. The van der Waals surface area contributed by atoms with E-state index in [1.807, 2.05) is 18.2 Å². The van der Waals surface area contributed by atoms with E-state index >= 15 is 0 Å². The Morgan fingerprint density at radius 1 is 1.04 bits per heavy atom. The molecule has 2 aromatic carbocycles. The summed E-state index contributed by atoms with van der Waals surface area (Å²) in [6.07, 6.45) is 0. The zero-order valence-electron chi connectivity index (χ0n) is 14.3. The van der Waals surface area contributed by atoms with Gasteiger partial charge in [-0.2, -0.15) is 0 Å². The molecule has 0 aromatic heterocycles. The van der Waals surface area contributed by atoms with Crippen LogP contribution >= 0.6 is 0 Å². The SMILES string of the molecule is COc1ccc([C@H]2CN(Cc3ccccc3)C[C@@H]2CO)c(OC)c1. The van der Waals surface area contributed by atoms with E-state index in [-0.39, 0.29) is 18.4 Å². The van der Waals surface area contributed by atoms with E-state index in [1.54, 1.807) is 14.2 Å². The van der Waals surface area contributed by atoms with Crippen LogP contribution in [0.3, 0.4) is 0 Å². The van der Waals surface area contributed by atoms with E-state index < -0.39 is 0 Å². The van der Waals surface area contributed by atoms with Crippen molar-refractivity contribution in [2.75, 3.05) is 33.9 Å². The standard InChI is InChI=1S/C20H25NO3/c1-23-17-8-9-18(20(10-17)24-2)19-13-21(12-16(19)14-22)11-15-6-4-3-5-7-15/h3-10,16,19,22H,11-14H2,1-2H3/t16-,19+/m1/s1. The topological polar surface area (TPSA) is 41.9 Å². The van der Waals surface area contributed by atoms with Crippen LogP contribution in [0.15, 0.2) is 48.5 Å². The predicted molar refractivity (Wildman–Crippen MR) is 94.6 cm³/mol. The third kappa shape index (κ3) is 3.55. The molecule has 1 aliphatic rings. The van der Waals surface area contributed by atoms with E-state index in [2.05, 4.69) is 35.2 Å². The second kappa shape index (κ2) is 7.69. The Labute approximate surface area is 143 Å². The highest BCUT2D eigenvalue weighted by atomic mass is 16.5. The molecule has 1 fully saturated rings. The van der Waals surface area contributed by atoms with Gasteiger partial charge in [0.25, 0.3) is 0 Å². The Morgan fingerprint density at radius 2 is 1.83 bits per heavy atom. The summed E-state index contributed by atoms with van der Waals surface area (Å²) in [6, 6.07) is 16.4. The maximum atomic E-state index is 9.85. The Balaban J connectivity index is 1.80. The number of rotatable bonds is 6. The molecule has 0 amide bonds. The van der Waals surface area contributed by atoms with Crippen LogP contribution in [0.1, 0.15) is 17.0 Å². The maximum Gasteiger partial charge on any atom is 0.126 e. The van der Waals surface area contributed by atoms with Crippen molar-refractivity contribution in [3.05, 3.63) is 59.7 Å². The summed E-state index contributed by atoms with van der Waals surface area (Å²) in [5.74, 6) is 2.10. The summed E-state index contributed by atoms with van der Waals surface area (Å²) in [6.45, 7) is 2.91. The fourth-order valence-electron chi connectivity index (χ4n) is 3.59. The monoisotopic (exact) mass is 327 g/mol. The molecule has 0 spiro atoms. The summed E-state index contributed by atoms with van der Waals surface area (Å²) >= 11 is 0. The van der Waals surface area contributed by atoms with Gasteiger partial charge in [0, 0.05) is 44.1 Å². The largest absolute Gasteiger partial charge is 0.497 e. The number of methoxy groups -OCH3 is 2. The first kappa shape index (κ1) is 16.8. The lowest BCUT2D eigenvalue weighted by Gasteiger charge is -2.20. The van der Waals surface area contributed by atoms with E-state index in [4.69, 9.17) is 9.47 Å². The van der Waals surface area contributed by atoms with Gasteiger partial charge in [-0.05, 0) is 17.2 Å². The summed E-state index contributed by atoms with van der Waals surface area (Å²) < 4.78 is 10.9. The van der Waals surface area contributed by atoms with E-state index in [0.29, 0.717) is 0 Å². The highest BCUT2D eigenvalue weighted by molar-refractivity contribution is 5.43. The third-order valence-electron chi connectivity index (χ3n) is 4.84. The molecule has 4 heteroatoms. The van der Waals surface area contributed by atoms with Gasteiger partial charge in [0.05, 0.1) is 14.2 Å². The molecule has 0 radical (unpaired) electrons. The molecule has 4 nitrogen and oxygen atoms in total. The zero-order valence-corrected chi connectivity index (χ0v) is 14.3. The van der Waals surface area contributed by atoms with E-state index in [9.17, 15) is 5.11 Å². The van der Waals surface area contributed by atoms with Crippen molar-refractivity contribution >= 4 is 0 Å². The fraction of sp³-hybridized carbons (Fsp3) is 0.400. The molecule has 0 aliphatic carbocycles. The number of hydrogen-bond donors (Lipinski definition) is 1. The second-order valence-corrected chi connectivity index (χ2v) is 6.34. The highest BCUT2D eigenvalue weighted by Gasteiger charge is 2.34. The van der Waals surface area contributed by atoms with Gasteiger partial charge in [-0.3, -0.25) is 4.90 Å². The van der Waals surface area contributed by atoms with Gasteiger partial charge in [0.1, 0.15) is 11.5 Å². The number of likely N-dealkylation sites (tertiary alicyclic amines) is 1. The lowest BCUT2D eigenvalue weighted by Crippen LogP contribution is -2.20. The number of benzene rings is 2. The molecule has 2 atom stereocenters. The van der Waals surface area contributed by atoms with Crippen LogP contribution in [0.2, 0.25) is 0 Å². The Morgan fingerprint density at radius 3 is 2.50 bits per heavy atom. The Hall–Kier alpha value is -2.04. The molecule has 0 unspecified atom stereocenters. The van der Waals surface area contributed by atoms with Crippen LogP contribution in [0.4, 0.5) is 0 Å². The number of nitrogens with zero attached hydrogens (tertiary/aromatic N) is 1. The summed E-state index contributed by atoms with van der Waals surface area (Å²) in [7, 11) is 3.34. The lowest BCUT2D eigenvalue weighted by atomic mass is 9.89. The second-order valence-electron chi connectivity index (χ2n) is 6.34. The molecular weight excluding hydrogens is 302 g/mol. The molecule has 24 heavy (non-hydrogen) atoms. The summed E-state index contributed by atoms with van der Waals surface area (Å²) in [5, 5.41) is 9.85. The minimum atomic E-state index is 0.186. The van der Waals surface area contributed by atoms with Gasteiger partial charge < -0.3 is 14.6 Å². The van der Waals surface area contributed by atoms with Crippen molar-refractivity contribution in [3.8, 4) is 11.5 Å². The molecule has 1 N–H and O–H groups in total. The molecule has 1 heterocycles. The molecule has 3 rings (SSSR count). The normalized spacial score (nSPS) is 21.0. The molecule has 128 valence electrons. The van der Waals surface area contributed by atoms with Crippen molar-refractivity contribution in [2.45, 2.75) is 12.5 Å². The highest BCUT2D eigenvalue weighted by Crippen LogP contribution is 2.39. The van der Waals surface area contributed by atoms with Crippen molar-refractivity contribution in [1.82, 2.24) is 4.90 Å².